The molecular formula is C13H12N2O3S. The lowest BCUT2D eigenvalue weighted by Crippen LogP contribution is -2.21. The fourth-order valence-corrected chi connectivity index (χ4v) is 2.16. The molecule has 0 aliphatic carbocycles. The number of ketones is 1. The summed E-state index contributed by atoms with van der Waals surface area (Å²) in [6, 6.07) is 7.21. The van der Waals surface area contributed by atoms with Crippen molar-refractivity contribution in [3.63, 3.8) is 0 Å². The zero-order valence-electron chi connectivity index (χ0n) is 10.4. The van der Waals surface area contributed by atoms with Gasteiger partial charge in [-0.2, -0.15) is 0 Å². The van der Waals surface area contributed by atoms with Gasteiger partial charge in [0.2, 0.25) is 5.88 Å². The Hall–Kier alpha value is -2.21. The van der Waals surface area contributed by atoms with Crippen molar-refractivity contribution in [2.75, 3.05) is 0 Å². The topological polar surface area (TPSA) is 75.1 Å². The summed E-state index contributed by atoms with van der Waals surface area (Å²) in [5, 5.41) is 10.2. The highest BCUT2D eigenvalue weighted by molar-refractivity contribution is 7.71. The number of aromatic nitrogens is 2. The highest BCUT2D eigenvalue weighted by Gasteiger charge is 2.18. The molecule has 98 valence electrons. The van der Waals surface area contributed by atoms with Gasteiger partial charge >= 0.3 is 0 Å². The number of H-pyrrole nitrogens is 1. The first kappa shape index (κ1) is 13.2. The van der Waals surface area contributed by atoms with Gasteiger partial charge in [0.1, 0.15) is 5.56 Å². The van der Waals surface area contributed by atoms with Crippen LogP contribution in [0.5, 0.6) is 5.88 Å². The molecule has 2 N–H and O–H groups in total. The normalized spacial score (nSPS) is 10.4. The van der Waals surface area contributed by atoms with E-state index in [9.17, 15) is 14.7 Å². The summed E-state index contributed by atoms with van der Waals surface area (Å²) < 4.78 is 1.32. The average molecular weight is 276 g/mol. The van der Waals surface area contributed by atoms with Crippen LogP contribution in [0.25, 0.3) is 5.69 Å². The largest absolute Gasteiger partial charge is 0.493 e. The van der Waals surface area contributed by atoms with Gasteiger partial charge in [0, 0.05) is 0 Å². The van der Waals surface area contributed by atoms with E-state index in [2.05, 4.69) is 4.98 Å². The van der Waals surface area contributed by atoms with Crippen molar-refractivity contribution in [3.8, 4) is 11.6 Å². The number of carbonyl (C=O) groups is 1. The van der Waals surface area contributed by atoms with E-state index in [1.54, 1.807) is 12.1 Å². The van der Waals surface area contributed by atoms with Crippen LogP contribution in [0.15, 0.2) is 29.1 Å². The molecule has 19 heavy (non-hydrogen) atoms. The first-order chi connectivity index (χ1) is 8.93. The quantitative estimate of drug-likeness (QED) is 0.650. The van der Waals surface area contributed by atoms with Crippen LogP contribution in [0.2, 0.25) is 0 Å². The van der Waals surface area contributed by atoms with Crippen molar-refractivity contribution in [1.82, 2.24) is 9.55 Å². The van der Waals surface area contributed by atoms with Gasteiger partial charge in [-0.25, -0.2) is 0 Å². The van der Waals surface area contributed by atoms with Crippen LogP contribution in [0.4, 0.5) is 0 Å². The molecule has 5 nitrogen and oxygen atoms in total. The second-order valence-corrected chi connectivity index (χ2v) is 4.52. The lowest BCUT2D eigenvalue weighted by atomic mass is 10.2. The molecule has 2 aromatic rings. The van der Waals surface area contributed by atoms with E-state index in [4.69, 9.17) is 12.2 Å². The molecule has 0 atom stereocenters. The zero-order chi connectivity index (χ0) is 14.2. The number of para-hydroxylation sites is 1. The first-order valence-corrected chi connectivity index (χ1v) is 5.99. The van der Waals surface area contributed by atoms with Crippen LogP contribution in [0, 0.1) is 11.7 Å². The van der Waals surface area contributed by atoms with Gasteiger partial charge < -0.3 is 5.11 Å². The van der Waals surface area contributed by atoms with Crippen molar-refractivity contribution in [3.05, 3.63) is 50.5 Å². The fourth-order valence-electron chi connectivity index (χ4n) is 1.88. The van der Waals surface area contributed by atoms with E-state index >= 15 is 0 Å². The van der Waals surface area contributed by atoms with Crippen molar-refractivity contribution in [1.29, 1.82) is 0 Å². The third-order valence-electron chi connectivity index (χ3n) is 2.79. The number of rotatable bonds is 2. The molecule has 0 bridgehead atoms. The van der Waals surface area contributed by atoms with E-state index < -0.39 is 17.2 Å². The zero-order valence-corrected chi connectivity index (χ0v) is 11.2. The molecule has 6 heteroatoms. The predicted molar refractivity (Wildman–Crippen MR) is 73.6 cm³/mol. The summed E-state index contributed by atoms with van der Waals surface area (Å²) in [6.07, 6.45) is 0. The van der Waals surface area contributed by atoms with Crippen LogP contribution in [-0.4, -0.2) is 20.4 Å². The molecule has 2 rings (SSSR count). The van der Waals surface area contributed by atoms with Crippen LogP contribution in [0.1, 0.15) is 22.8 Å². The summed E-state index contributed by atoms with van der Waals surface area (Å²) in [5.41, 5.74) is 0.496. The third kappa shape index (κ3) is 2.22. The fraction of sp³-hybridized carbons (Fsp3) is 0.154. The van der Waals surface area contributed by atoms with E-state index in [0.717, 1.165) is 5.56 Å². The van der Waals surface area contributed by atoms with Crippen LogP contribution in [0.3, 0.4) is 0 Å². The van der Waals surface area contributed by atoms with Crippen molar-refractivity contribution in [2.24, 2.45) is 0 Å². The highest BCUT2D eigenvalue weighted by Crippen LogP contribution is 2.22. The minimum absolute atomic E-state index is 0.0433. The minimum Gasteiger partial charge on any atom is -0.493 e. The Kier molecular flexibility index (Phi) is 3.35. The standard InChI is InChI=1S/C13H12N2O3S/c1-7-5-3-4-6-9(7)15-12(18)10(8(2)16)11(17)14-13(15)19/h3-6,18H,1-2H3,(H,14,17,19). The van der Waals surface area contributed by atoms with Crippen molar-refractivity contribution in [2.45, 2.75) is 13.8 Å². The Bertz CT molecular complexity index is 774. The average Bonchev–Trinajstić information content (AvgIpc) is 2.30. The van der Waals surface area contributed by atoms with E-state index in [1.807, 2.05) is 19.1 Å². The Balaban J connectivity index is 2.90. The third-order valence-corrected chi connectivity index (χ3v) is 3.08. The molecule has 0 saturated carbocycles. The van der Waals surface area contributed by atoms with Gasteiger partial charge in [-0.15, -0.1) is 0 Å². The second kappa shape index (κ2) is 4.81. The molecular weight excluding hydrogens is 264 g/mol. The maximum absolute atomic E-state index is 11.7. The minimum atomic E-state index is -0.681. The molecule has 1 aromatic carbocycles. The molecule has 1 heterocycles. The molecule has 0 amide bonds. The number of nitrogens with zero attached hydrogens (tertiary/aromatic N) is 1. The molecule has 0 saturated heterocycles. The number of hydrogen-bond acceptors (Lipinski definition) is 4. The summed E-state index contributed by atoms with van der Waals surface area (Å²) in [6.45, 7) is 3.06. The number of aryl methyl sites for hydroxylation is 1. The van der Waals surface area contributed by atoms with Gasteiger partial charge in [0.05, 0.1) is 5.69 Å². The monoisotopic (exact) mass is 276 g/mol. The smallest absolute Gasteiger partial charge is 0.266 e. The Morgan fingerprint density at radius 2 is 2.00 bits per heavy atom. The Morgan fingerprint density at radius 1 is 1.37 bits per heavy atom. The van der Waals surface area contributed by atoms with Gasteiger partial charge in [0.15, 0.2) is 10.6 Å². The lowest BCUT2D eigenvalue weighted by molar-refractivity contribution is 0.101. The number of benzene rings is 1. The number of aromatic hydroxyl groups is 1. The Labute approximate surface area is 114 Å². The maximum atomic E-state index is 11.7. The van der Waals surface area contributed by atoms with E-state index in [1.165, 1.54) is 11.5 Å². The maximum Gasteiger partial charge on any atom is 0.266 e. The molecule has 0 aliphatic rings. The van der Waals surface area contributed by atoms with Crippen molar-refractivity contribution < 1.29 is 9.90 Å². The SMILES string of the molecule is CC(=O)c1c(O)n(-c2ccccc2C)c(=S)[nH]c1=O. The molecule has 0 radical (unpaired) electrons. The Morgan fingerprint density at radius 3 is 2.58 bits per heavy atom. The van der Waals surface area contributed by atoms with E-state index in [0.29, 0.717) is 5.69 Å². The number of Topliss-reactive ketones (excluding diaryl/α,β-unsaturated/α-hetero) is 1. The van der Waals surface area contributed by atoms with Gasteiger partial charge in [-0.1, -0.05) is 18.2 Å². The summed E-state index contributed by atoms with van der Waals surface area (Å²) in [5.74, 6) is -0.952. The molecule has 1 aromatic heterocycles. The molecule has 0 aliphatic heterocycles. The van der Waals surface area contributed by atoms with Gasteiger partial charge in [-0.05, 0) is 37.7 Å². The summed E-state index contributed by atoms with van der Waals surface area (Å²) >= 11 is 5.05. The predicted octanol–water partition coefficient (Wildman–Crippen LogP) is 2.11. The number of aromatic amines is 1. The summed E-state index contributed by atoms with van der Waals surface area (Å²) in [4.78, 5) is 25.5. The second-order valence-electron chi connectivity index (χ2n) is 4.14. The van der Waals surface area contributed by atoms with Crippen LogP contribution in [-0.2, 0) is 0 Å². The highest BCUT2D eigenvalue weighted by atomic mass is 32.1. The van der Waals surface area contributed by atoms with Crippen LogP contribution >= 0.6 is 12.2 Å². The lowest BCUT2D eigenvalue weighted by Gasteiger charge is -2.13. The van der Waals surface area contributed by atoms with Gasteiger partial charge in [-0.3, -0.25) is 19.1 Å². The number of carbonyl (C=O) groups excluding carboxylic acids is 1. The van der Waals surface area contributed by atoms with E-state index in [-0.39, 0.29) is 10.3 Å². The summed E-state index contributed by atoms with van der Waals surface area (Å²) in [7, 11) is 0. The molecule has 0 unspecified atom stereocenters. The van der Waals surface area contributed by atoms with Gasteiger partial charge in [0.25, 0.3) is 5.56 Å². The number of hydrogen-bond donors (Lipinski definition) is 2. The van der Waals surface area contributed by atoms with Crippen LogP contribution < -0.4 is 5.56 Å². The van der Waals surface area contributed by atoms with Crippen molar-refractivity contribution >= 4 is 18.0 Å². The molecule has 0 fully saturated rings. The number of nitrogens with one attached hydrogen (secondary N) is 1. The molecule has 0 spiro atoms. The first-order valence-electron chi connectivity index (χ1n) is 5.58.